The van der Waals surface area contributed by atoms with Crippen LogP contribution in [0.4, 0.5) is 18.9 Å². The Bertz CT molecular complexity index is 777. The molecule has 2 rings (SSSR count). The number of pyridine rings is 1. The van der Waals surface area contributed by atoms with Gasteiger partial charge in [0.25, 0.3) is 5.91 Å². The Kier molecular flexibility index (Phi) is 6.07. The molecule has 26 heavy (non-hydrogen) atoms. The van der Waals surface area contributed by atoms with E-state index in [-0.39, 0.29) is 18.1 Å². The van der Waals surface area contributed by atoms with Crippen LogP contribution in [0, 0.1) is 6.92 Å². The van der Waals surface area contributed by atoms with Crippen LogP contribution in [0.1, 0.15) is 21.6 Å². The van der Waals surface area contributed by atoms with Gasteiger partial charge < -0.3 is 15.0 Å². The standard InChI is InChI=1S/C18H20F3N3O2/c1-12-9-14(24(2)3)8-7-13(12)10-22-17(25)15-5-4-6-16(23-15)26-11-18(19,20)21/h4-9H,10-11H2,1-3H3,(H,22,25). The Morgan fingerprint density at radius 3 is 2.58 bits per heavy atom. The lowest BCUT2D eigenvalue weighted by atomic mass is 10.1. The van der Waals surface area contributed by atoms with Crippen LogP contribution in [-0.2, 0) is 6.54 Å². The molecule has 0 aliphatic carbocycles. The second-order valence-electron chi connectivity index (χ2n) is 5.95. The Morgan fingerprint density at radius 1 is 1.23 bits per heavy atom. The molecule has 5 nitrogen and oxygen atoms in total. The molecule has 0 atom stereocenters. The highest BCUT2D eigenvalue weighted by Gasteiger charge is 2.28. The van der Waals surface area contributed by atoms with Crippen molar-refractivity contribution in [1.82, 2.24) is 10.3 Å². The molecule has 0 spiro atoms. The van der Waals surface area contributed by atoms with Crippen molar-refractivity contribution in [1.29, 1.82) is 0 Å². The number of benzene rings is 1. The third kappa shape index (κ3) is 5.65. The highest BCUT2D eigenvalue weighted by Crippen LogP contribution is 2.18. The van der Waals surface area contributed by atoms with Gasteiger partial charge in [-0.25, -0.2) is 4.98 Å². The van der Waals surface area contributed by atoms with E-state index in [0.717, 1.165) is 16.8 Å². The van der Waals surface area contributed by atoms with Gasteiger partial charge in [0.1, 0.15) is 5.69 Å². The van der Waals surface area contributed by atoms with Gasteiger partial charge >= 0.3 is 6.18 Å². The summed E-state index contributed by atoms with van der Waals surface area (Å²) in [5.74, 6) is -0.736. The lowest BCUT2D eigenvalue weighted by Gasteiger charge is -2.15. The zero-order chi connectivity index (χ0) is 19.3. The van der Waals surface area contributed by atoms with E-state index in [1.807, 2.05) is 44.1 Å². The molecule has 2 aromatic rings. The summed E-state index contributed by atoms with van der Waals surface area (Å²) in [4.78, 5) is 18.0. The lowest BCUT2D eigenvalue weighted by Crippen LogP contribution is -2.25. The Morgan fingerprint density at radius 2 is 1.96 bits per heavy atom. The maximum absolute atomic E-state index is 12.2. The molecular weight excluding hydrogens is 347 g/mol. The fraction of sp³-hybridized carbons (Fsp3) is 0.333. The highest BCUT2D eigenvalue weighted by molar-refractivity contribution is 5.92. The first-order valence-electron chi connectivity index (χ1n) is 7.87. The molecule has 0 fully saturated rings. The first kappa shape index (κ1) is 19.6. The summed E-state index contributed by atoms with van der Waals surface area (Å²) < 4.78 is 41.1. The molecule has 0 unspecified atom stereocenters. The van der Waals surface area contributed by atoms with Crippen LogP contribution in [0.2, 0.25) is 0 Å². The third-order valence-electron chi connectivity index (χ3n) is 3.62. The Balaban J connectivity index is 2.00. The summed E-state index contributed by atoms with van der Waals surface area (Å²) >= 11 is 0. The predicted octanol–water partition coefficient (Wildman–Crippen LogP) is 3.33. The molecule has 0 aliphatic heterocycles. The number of ether oxygens (including phenoxy) is 1. The fourth-order valence-corrected chi connectivity index (χ4v) is 2.20. The molecule has 0 bridgehead atoms. The number of rotatable bonds is 6. The van der Waals surface area contributed by atoms with Gasteiger partial charge in [-0.1, -0.05) is 12.1 Å². The van der Waals surface area contributed by atoms with Crippen molar-refractivity contribution in [3.63, 3.8) is 0 Å². The summed E-state index contributed by atoms with van der Waals surface area (Å²) in [6, 6.07) is 9.97. The zero-order valence-corrected chi connectivity index (χ0v) is 14.7. The summed E-state index contributed by atoms with van der Waals surface area (Å²) in [5.41, 5.74) is 3.00. The van der Waals surface area contributed by atoms with Gasteiger partial charge in [0.05, 0.1) is 0 Å². The first-order valence-corrected chi connectivity index (χ1v) is 7.87. The second kappa shape index (κ2) is 8.07. The first-order chi connectivity index (χ1) is 12.2. The number of nitrogens with zero attached hydrogens (tertiary/aromatic N) is 2. The van der Waals surface area contributed by atoms with E-state index in [0.29, 0.717) is 0 Å². The number of aromatic nitrogens is 1. The van der Waals surface area contributed by atoms with Crippen molar-refractivity contribution in [2.75, 3.05) is 25.6 Å². The lowest BCUT2D eigenvalue weighted by molar-refractivity contribution is -0.154. The normalized spacial score (nSPS) is 11.2. The number of anilines is 1. The average Bonchev–Trinajstić information content (AvgIpc) is 2.58. The quantitative estimate of drug-likeness (QED) is 0.851. The van der Waals surface area contributed by atoms with Crippen LogP contribution in [-0.4, -0.2) is 37.8 Å². The summed E-state index contributed by atoms with van der Waals surface area (Å²) in [5, 5.41) is 2.71. The minimum absolute atomic E-state index is 0.00719. The van der Waals surface area contributed by atoms with Crippen LogP contribution < -0.4 is 15.0 Å². The van der Waals surface area contributed by atoms with E-state index < -0.39 is 18.7 Å². The molecule has 140 valence electrons. The van der Waals surface area contributed by atoms with Crippen LogP contribution in [0.25, 0.3) is 0 Å². The summed E-state index contributed by atoms with van der Waals surface area (Å²) in [6.45, 7) is 0.772. The molecule has 1 aromatic carbocycles. The number of halogens is 3. The molecule has 0 aliphatic rings. The van der Waals surface area contributed by atoms with Crippen LogP contribution in [0.3, 0.4) is 0 Å². The van der Waals surface area contributed by atoms with Crippen molar-refractivity contribution >= 4 is 11.6 Å². The Hall–Kier alpha value is -2.77. The van der Waals surface area contributed by atoms with E-state index >= 15 is 0 Å². The molecule has 1 aromatic heterocycles. The number of alkyl halides is 3. The molecule has 0 radical (unpaired) electrons. The van der Waals surface area contributed by atoms with Gasteiger partial charge in [-0.15, -0.1) is 0 Å². The minimum Gasteiger partial charge on any atom is -0.468 e. The van der Waals surface area contributed by atoms with Gasteiger partial charge in [-0.2, -0.15) is 13.2 Å². The monoisotopic (exact) mass is 367 g/mol. The number of carbonyl (C=O) groups excluding carboxylic acids is 1. The van der Waals surface area contributed by atoms with Crippen molar-refractivity contribution in [3.8, 4) is 5.88 Å². The van der Waals surface area contributed by atoms with Crippen LogP contribution in [0.15, 0.2) is 36.4 Å². The topological polar surface area (TPSA) is 54.5 Å². The van der Waals surface area contributed by atoms with E-state index in [1.54, 1.807) is 0 Å². The maximum atomic E-state index is 12.2. The van der Waals surface area contributed by atoms with E-state index in [2.05, 4.69) is 15.0 Å². The van der Waals surface area contributed by atoms with Gasteiger partial charge in [-0.05, 0) is 36.2 Å². The number of nitrogens with one attached hydrogen (secondary N) is 1. The van der Waals surface area contributed by atoms with Crippen LogP contribution >= 0.6 is 0 Å². The zero-order valence-electron chi connectivity index (χ0n) is 14.7. The summed E-state index contributed by atoms with van der Waals surface area (Å²) in [6.07, 6.45) is -4.46. The SMILES string of the molecule is Cc1cc(N(C)C)ccc1CNC(=O)c1cccc(OCC(F)(F)F)n1. The Labute approximate surface area is 149 Å². The maximum Gasteiger partial charge on any atom is 0.422 e. The van der Waals surface area contributed by atoms with Crippen molar-refractivity contribution < 1.29 is 22.7 Å². The van der Waals surface area contributed by atoms with Gasteiger partial charge in [0.15, 0.2) is 6.61 Å². The molecule has 1 heterocycles. The van der Waals surface area contributed by atoms with Gasteiger partial charge in [0, 0.05) is 32.4 Å². The minimum atomic E-state index is -4.46. The fourth-order valence-electron chi connectivity index (χ4n) is 2.20. The number of hydrogen-bond donors (Lipinski definition) is 1. The largest absolute Gasteiger partial charge is 0.468 e. The average molecular weight is 367 g/mol. The van der Waals surface area contributed by atoms with Crippen LogP contribution in [0.5, 0.6) is 5.88 Å². The third-order valence-corrected chi connectivity index (χ3v) is 3.62. The van der Waals surface area contributed by atoms with Gasteiger partial charge in [-0.3, -0.25) is 4.79 Å². The second-order valence-corrected chi connectivity index (χ2v) is 5.95. The molecule has 0 saturated carbocycles. The number of hydrogen-bond acceptors (Lipinski definition) is 4. The molecular formula is C18H20F3N3O2. The predicted molar refractivity (Wildman–Crippen MR) is 92.5 cm³/mol. The number of carbonyl (C=O) groups is 1. The summed E-state index contributed by atoms with van der Waals surface area (Å²) in [7, 11) is 3.88. The number of amides is 1. The smallest absolute Gasteiger partial charge is 0.422 e. The molecule has 1 N–H and O–H groups in total. The van der Waals surface area contributed by atoms with E-state index in [4.69, 9.17) is 0 Å². The van der Waals surface area contributed by atoms with Crippen molar-refractivity contribution in [3.05, 3.63) is 53.2 Å². The molecule has 1 amide bonds. The van der Waals surface area contributed by atoms with E-state index in [9.17, 15) is 18.0 Å². The van der Waals surface area contributed by atoms with Crippen molar-refractivity contribution in [2.24, 2.45) is 0 Å². The van der Waals surface area contributed by atoms with Crippen molar-refractivity contribution in [2.45, 2.75) is 19.6 Å². The van der Waals surface area contributed by atoms with Gasteiger partial charge in [0.2, 0.25) is 5.88 Å². The highest BCUT2D eigenvalue weighted by atomic mass is 19.4. The molecule has 8 heteroatoms. The number of aryl methyl sites for hydroxylation is 1. The molecule has 0 saturated heterocycles. The van der Waals surface area contributed by atoms with E-state index in [1.165, 1.54) is 18.2 Å².